The van der Waals surface area contributed by atoms with Gasteiger partial charge in [-0.25, -0.2) is 4.39 Å². The van der Waals surface area contributed by atoms with E-state index in [2.05, 4.69) is 4.90 Å². The Balaban J connectivity index is 1.90. The molecule has 1 aliphatic carbocycles. The summed E-state index contributed by atoms with van der Waals surface area (Å²) in [6.45, 7) is 5.62. The molecule has 1 saturated carbocycles. The molecule has 0 amide bonds. The summed E-state index contributed by atoms with van der Waals surface area (Å²) >= 11 is 0. The summed E-state index contributed by atoms with van der Waals surface area (Å²) in [6, 6.07) is 6.55. The van der Waals surface area contributed by atoms with Gasteiger partial charge in [-0.2, -0.15) is 0 Å². The minimum absolute atomic E-state index is 0.151. The second kappa shape index (κ2) is 5.41. The van der Waals surface area contributed by atoms with Crippen LogP contribution in [0.25, 0.3) is 0 Å². The maximum atomic E-state index is 12.8. The van der Waals surface area contributed by atoms with Gasteiger partial charge in [-0.15, -0.1) is 0 Å². The van der Waals surface area contributed by atoms with Crippen LogP contribution in [0, 0.1) is 17.2 Å². The SMILES string of the molecule is CN(Cc1ccc(F)cc1)CC1CCC(C)(C)C1=O. The van der Waals surface area contributed by atoms with Crippen molar-refractivity contribution in [2.75, 3.05) is 13.6 Å². The van der Waals surface area contributed by atoms with Crippen LogP contribution < -0.4 is 0 Å². The third-order valence-corrected chi connectivity index (χ3v) is 4.05. The lowest BCUT2D eigenvalue weighted by Crippen LogP contribution is -2.31. The van der Waals surface area contributed by atoms with Crippen LogP contribution in [0.3, 0.4) is 0 Å². The van der Waals surface area contributed by atoms with Crippen molar-refractivity contribution in [3.05, 3.63) is 35.6 Å². The zero-order valence-corrected chi connectivity index (χ0v) is 11.9. The lowest BCUT2D eigenvalue weighted by atomic mass is 9.89. The number of halogens is 1. The fourth-order valence-corrected chi connectivity index (χ4v) is 2.86. The lowest BCUT2D eigenvalue weighted by molar-refractivity contribution is -0.127. The Bertz CT molecular complexity index is 452. The van der Waals surface area contributed by atoms with Gasteiger partial charge < -0.3 is 4.90 Å². The van der Waals surface area contributed by atoms with Gasteiger partial charge in [0.1, 0.15) is 11.6 Å². The Labute approximate surface area is 114 Å². The fraction of sp³-hybridized carbons (Fsp3) is 0.562. The lowest BCUT2D eigenvalue weighted by Gasteiger charge is -2.21. The van der Waals surface area contributed by atoms with E-state index in [1.54, 1.807) is 12.1 Å². The number of ketones is 1. The number of carbonyl (C=O) groups excluding carboxylic acids is 1. The van der Waals surface area contributed by atoms with Gasteiger partial charge in [-0.05, 0) is 37.6 Å². The first-order chi connectivity index (χ1) is 8.88. The largest absolute Gasteiger partial charge is 0.301 e. The third-order valence-electron chi connectivity index (χ3n) is 4.05. The number of hydrogen-bond donors (Lipinski definition) is 0. The molecule has 1 atom stereocenters. The highest BCUT2D eigenvalue weighted by Crippen LogP contribution is 2.37. The number of carbonyl (C=O) groups is 1. The van der Waals surface area contributed by atoms with Gasteiger partial charge in [-0.3, -0.25) is 4.79 Å². The summed E-state index contributed by atoms with van der Waals surface area (Å²) in [5.41, 5.74) is 0.926. The summed E-state index contributed by atoms with van der Waals surface area (Å²) in [4.78, 5) is 14.3. The summed E-state index contributed by atoms with van der Waals surface area (Å²) in [7, 11) is 2.02. The molecule has 3 heteroatoms. The Morgan fingerprint density at radius 3 is 2.47 bits per heavy atom. The van der Waals surface area contributed by atoms with Gasteiger partial charge in [0.05, 0.1) is 0 Å². The third kappa shape index (κ3) is 3.41. The minimum Gasteiger partial charge on any atom is -0.301 e. The summed E-state index contributed by atoms with van der Waals surface area (Å²) < 4.78 is 12.8. The molecule has 1 aliphatic rings. The highest BCUT2D eigenvalue weighted by molar-refractivity contribution is 5.88. The topological polar surface area (TPSA) is 20.3 Å². The predicted molar refractivity (Wildman–Crippen MR) is 74.2 cm³/mol. The maximum Gasteiger partial charge on any atom is 0.142 e. The zero-order valence-electron chi connectivity index (χ0n) is 11.9. The van der Waals surface area contributed by atoms with Crippen molar-refractivity contribution >= 4 is 5.78 Å². The molecule has 0 heterocycles. The standard InChI is InChI=1S/C16H22FNO/c1-16(2)9-8-13(15(16)19)11-18(3)10-12-4-6-14(17)7-5-12/h4-7,13H,8-11H2,1-3H3. The molecule has 0 bridgehead atoms. The molecule has 19 heavy (non-hydrogen) atoms. The highest BCUT2D eigenvalue weighted by atomic mass is 19.1. The van der Waals surface area contributed by atoms with Gasteiger partial charge in [0.25, 0.3) is 0 Å². The first-order valence-corrected chi connectivity index (χ1v) is 6.86. The Hall–Kier alpha value is -1.22. The van der Waals surface area contributed by atoms with E-state index in [1.807, 2.05) is 20.9 Å². The fourth-order valence-electron chi connectivity index (χ4n) is 2.86. The van der Waals surface area contributed by atoms with Gasteiger partial charge in [0, 0.05) is 24.4 Å². The number of benzene rings is 1. The molecular weight excluding hydrogens is 241 g/mol. The molecule has 1 aromatic rings. The Morgan fingerprint density at radius 1 is 1.32 bits per heavy atom. The van der Waals surface area contributed by atoms with Crippen molar-refractivity contribution in [2.45, 2.75) is 33.2 Å². The van der Waals surface area contributed by atoms with Crippen LogP contribution in [-0.2, 0) is 11.3 Å². The molecule has 0 aliphatic heterocycles. The van der Waals surface area contributed by atoms with Crippen LogP contribution in [0.15, 0.2) is 24.3 Å². The molecule has 1 fully saturated rings. The number of nitrogens with zero attached hydrogens (tertiary/aromatic N) is 1. The summed E-state index contributed by atoms with van der Waals surface area (Å²) in [5, 5.41) is 0. The van der Waals surface area contributed by atoms with Crippen LogP contribution in [0.5, 0.6) is 0 Å². The molecule has 0 spiro atoms. The zero-order chi connectivity index (χ0) is 14.0. The molecule has 0 N–H and O–H groups in total. The van der Waals surface area contributed by atoms with E-state index in [1.165, 1.54) is 12.1 Å². The highest BCUT2D eigenvalue weighted by Gasteiger charge is 2.40. The molecule has 0 saturated heterocycles. The van der Waals surface area contributed by atoms with Crippen molar-refractivity contribution in [3.63, 3.8) is 0 Å². The van der Waals surface area contributed by atoms with Gasteiger partial charge in [0.15, 0.2) is 0 Å². The van der Waals surface area contributed by atoms with Crippen LogP contribution in [-0.4, -0.2) is 24.3 Å². The van der Waals surface area contributed by atoms with Crippen molar-refractivity contribution in [1.29, 1.82) is 0 Å². The van der Waals surface area contributed by atoms with E-state index in [0.717, 1.165) is 31.5 Å². The second-order valence-corrected chi connectivity index (χ2v) is 6.31. The van der Waals surface area contributed by atoms with Crippen molar-refractivity contribution in [1.82, 2.24) is 4.90 Å². The first-order valence-electron chi connectivity index (χ1n) is 6.86. The van der Waals surface area contributed by atoms with Gasteiger partial charge >= 0.3 is 0 Å². The normalized spacial score (nSPS) is 22.2. The predicted octanol–water partition coefficient (Wildman–Crippen LogP) is 3.26. The van der Waals surface area contributed by atoms with E-state index < -0.39 is 0 Å². The molecule has 1 unspecified atom stereocenters. The molecule has 0 radical (unpaired) electrons. The van der Waals surface area contributed by atoms with Gasteiger partial charge in [-0.1, -0.05) is 26.0 Å². The Kier molecular flexibility index (Phi) is 4.04. The van der Waals surface area contributed by atoms with E-state index in [4.69, 9.17) is 0 Å². The molecule has 104 valence electrons. The Morgan fingerprint density at radius 2 is 1.95 bits per heavy atom. The summed E-state index contributed by atoms with van der Waals surface area (Å²) in [6.07, 6.45) is 1.97. The van der Waals surface area contributed by atoms with Gasteiger partial charge in [0.2, 0.25) is 0 Å². The number of rotatable bonds is 4. The van der Waals surface area contributed by atoms with E-state index in [0.29, 0.717) is 5.78 Å². The first kappa shape index (κ1) is 14.2. The maximum absolute atomic E-state index is 12.8. The molecule has 2 nitrogen and oxygen atoms in total. The van der Waals surface area contributed by atoms with Crippen LogP contribution in [0.4, 0.5) is 4.39 Å². The quantitative estimate of drug-likeness (QED) is 0.831. The van der Waals surface area contributed by atoms with Crippen LogP contribution >= 0.6 is 0 Å². The summed E-state index contributed by atoms with van der Waals surface area (Å²) in [5.74, 6) is 0.332. The number of hydrogen-bond acceptors (Lipinski definition) is 2. The molecular formula is C16H22FNO. The molecule has 1 aromatic carbocycles. The minimum atomic E-state index is -0.209. The van der Waals surface area contributed by atoms with E-state index in [-0.39, 0.29) is 17.2 Å². The monoisotopic (exact) mass is 263 g/mol. The van der Waals surface area contributed by atoms with Crippen molar-refractivity contribution < 1.29 is 9.18 Å². The molecule has 2 rings (SSSR count). The average Bonchev–Trinajstić information content (AvgIpc) is 2.59. The smallest absolute Gasteiger partial charge is 0.142 e. The number of Topliss-reactive ketones (excluding diaryl/α,β-unsaturated/α-hetero) is 1. The van der Waals surface area contributed by atoms with E-state index in [9.17, 15) is 9.18 Å². The van der Waals surface area contributed by atoms with Crippen molar-refractivity contribution in [3.8, 4) is 0 Å². The average molecular weight is 263 g/mol. The van der Waals surface area contributed by atoms with E-state index >= 15 is 0 Å². The van der Waals surface area contributed by atoms with Crippen LogP contribution in [0.1, 0.15) is 32.3 Å². The molecule has 0 aromatic heterocycles. The van der Waals surface area contributed by atoms with Crippen molar-refractivity contribution in [2.24, 2.45) is 11.3 Å². The van der Waals surface area contributed by atoms with Crippen LogP contribution in [0.2, 0.25) is 0 Å². The second-order valence-electron chi connectivity index (χ2n) is 6.31.